The molecule has 1 aromatic rings. The first-order valence-corrected chi connectivity index (χ1v) is 6.11. The predicted octanol–water partition coefficient (Wildman–Crippen LogP) is 0.751. The van der Waals surface area contributed by atoms with Gasteiger partial charge in [0.05, 0.1) is 6.54 Å². The van der Waals surface area contributed by atoms with Crippen LogP contribution in [0, 0.1) is 0 Å². The van der Waals surface area contributed by atoms with Crippen molar-refractivity contribution in [1.29, 1.82) is 0 Å². The molecule has 0 aliphatic carbocycles. The lowest BCUT2D eigenvalue weighted by molar-refractivity contribution is -0.132. The van der Waals surface area contributed by atoms with Crippen LogP contribution in [-0.4, -0.2) is 29.0 Å². The average molecular weight is 264 g/mol. The van der Waals surface area contributed by atoms with E-state index < -0.39 is 12.0 Å². The summed E-state index contributed by atoms with van der Waals surface area (Å²) < 4.78 is 0. The van der Waals surface area contributed by atoms with Gasteiger partial charge in [-0.1, -0.05) is 30.3 Å². The summed E-state index contributed by atoms with van der Waals surface area (Å²) in [5.41, 5.74) is 0.149. The average Bonchev–Trinajstić information content (AvgIpc) is 2.34. The minimum absolute atomic E-state index is 0.153. The van der Waals surface area contributed by atoms with Gasteiger partial charge in [-0.15, -0.1) is 0 Å². The van der Waals surface area contributed by atoms with Crippen molar-refractivity contribution in [2.75, 3.05) is 6.54 Å². The number of hydrogen-bond acceptors (Lipinski definition) is 3. The number of carbonyl (C=O) groups is 2. The van der Waals surface area contributed by atoms with Gasteiger partial charge in [0.1, 0.15) is 0 Å². The molecule has 1 rings (SSSR count). The molecule has 5 heteroatoms. The van der Waals surface area contributed by atoms with Gasteiger partial charge < -0.3 is 15.7 Å². The van der Waals surface area contributed by atoms with E-state index in [1.807, 2.05) is 20.8 Å². The fourth-order valence-electron chi connectivity index (χ4n) is 1.51. The third kappa shape index (κ3) is 5.52. The molecule has 1 aromatic carbocycles. The van der Waals surface area contributed by atoms with Gasteiger partial charge in [-0.2, -0.15) is 0 Å². The monoisotopic (exact) mass is 264 g/mol. The molecule has 0 heterocycles. The van der Waals surface area contributed by atoms with Crippen LogP contribution in [0.15, 0.2) is 30.3 Å². The van der Waals surface area contributed by atoms with E-state index >= 15 is 0 Å². The summed E-state index contributed by atoms with van der Waals surface area (Å²) in [4.78, 5) is 23.2. The van der Waals surface area contributed by atoms with Crippen molar-refractivity contribution in [2.45, 2.75) is 32.4 Å². The van der Waals surface area contributed by atoms with Crippen molar-refractivity contribution in [3.63, 3.8) is 0 Å². The van der Waals surface area contributed by atoms with Gasteiger partial charge in [0.15, 0.2) is 6.10 Å². The molecule has 0 aliphatic heterocycles. The standard InChI is InChI=1S/C14H20N2O3/c1-14(2,3)16-11(17)9-15-13(19)12(18)10-7-5-4-6-8-10/h4-8,12,18H,9H2,1-3H3,(H,15,19)(H,16,17). The molecule has 0 aliphatic rings. The van der Waals surface area contributed by atoms with Crippen molar-refractivity contribution < 1.29 is 14.7 Å². The lowest BCUT2D eigenvalue weighted by Gasteiger charge is -2.20. The van der Waals surface area contributed by atoms with Crippen LogP contribution in [0.2, 0.25) is 0 Å². The Labute approximate surface area is 113 Å². The van der Waals surface area contributed by atoms with Crippen LogP contribution >= 0.6 is 0 Å². The molecule has 0 fully saturated rings. The van der Waals surface area contributed by atoms with E-state index in [-0.39, 0.29) is 18.0 Å². The first-order valence-electron chi connectivity index (χ1n) is 6.11. The highest BCUT2D eigenvalue weighted by atomic mass is 16.3. The molecule has 0 radical (unpaired) electrons. The molecule has 19 heavy (non-hydrogen) atoms. The zero-order valence-electron chi connectivity index (χ0n) is 11.4. The zero-order chi connectivity index (χ0) is 14.5. The van der Waals surface area contributed by atoms with Gasteiger partial charge >= 0.3 is 0 Å². The molecule has 5 nitrogen and oxygen atoms in total. The Morgan fingerprint density at radius 1 is 1.21 bits per heavy atom. The molecule has 104 valence electrons. The van der Waals surface area contributed by atoms with Crippen LogP contribution in [0.3, 0.4) is 0 Å². The Morgan fingerprint density at radius 2 is 1.79 bits per heavy atom. The normalized spacial score (nSPS) is 12.6. The maximum atomic E-state index is 11.7. The molecule has 0 saturated heterocycles. The van der Waals surface area contributed by atoms with E-state index in [1.54, 1.807) is 30.3 Å². The minimum atomic E-state index is -1.26. The third-order valence-electron chi connectivity index (χ3n) is 2.30. The van der Waals surface area contributed by atoms with Crippen LogP contribution in [0.25, 0.3) is 0 Å². The molecule has 0 aromatic heterocycles. The van der Waals surface area contributed by atoms with E-state index in [9.17, 15) is 14.7 Å². The predicted molar refractivity (Wildman–Crippen MR) is 72.3 cm³/mol. The van der Waals surface area contributed by atoms with Gasteiger partial charge in [0.2, 0.25) is 5.91 Å². The Kier molecular flexibility index (Phi) is 5.06. The quantitative estimate of drug-likeness (QED) is 0.751. The first-order chi connectivity index (χ1) is 8.79. The molecule has 1 unspecified atom stereocenters. The second-order valence-corrected chi connectivity index (χ2v) is 5.33. The highest BCUT2D eigenvalue weighted by Crippen LogP contribution is 2.11. The molecule has 2 amide bonds. The third-order valence-corrected chi connectivity index (χ3v) is 2.30. The second-order valence-electron chi connectivity index (χ2n) is 5.33. The molecular formula is C14H20N2O3. The summed E-state index contributed by atoms with van der Waals surface area (Å²) >= 11 is 0. The topological polar surface area (TPSA) is 78.4 Å². The van der Waals surface area contributed by atoms with Gasteiger partial charge in [-0.05, 0) is 26.3 Å². The van der Waals surface area contributed by atoms with Crippen molar-refractivity contribution in [3.8, 4) is 0 Å². The maximum Gasteiger partial charge on any atom is 0.253 e. The van der Waals surface area contributed by atoms with Crippen molar-refractivity contribution in [2.24, 2.45) is 0 Å². The number of aliphatic hydroxyl groups is 1. The lowest BCUT2D eigenvalue weighted by Crippen LogP contribution is -2.46. The highest BCUT2D eigenvalue weighted by Gasteiger charge is 2.19. The molecule has 1 atom stereocenters. The van der Waals surface area contributed by atoms with Crippen molar-refractivity contribution in [3.05, 3.63) is 35.9 Å². The highest BCUT2D eigenvalue weighted by molar-refractivity contribution is 5.87. The number of rotatable bonds is 4. The summed E-state index contributed by atoms with van der Waals surface area (Å²) in [5, 5.41) is 14.9. The van der Waals surface area contributed by atoms with Crippen molar-refractivity contribution in [1.82, 2.24) is 10.6 Å². The number of nitrogens with one attached hydrogen (secondary N) is 2. The zero-order valence-corrected chi connectivity index (χ0v) is 11.4. The summed E-state index contributed by atoms with van der Waals surface area (Å²) in [6.07, 6.45) is -1.26. The lowest BCUT2D eigenvalue weighted by atomic mass is 10.1. The smallest absolute Gasteiger partial charge is 0.253 e. The summed E-state index contributed by atoms with van der Waals surface area (Å²) in [6, 6.07) is 8.57. The fraction of sp³-hybridized carbons (Fsp3) is 0.429. The van der Waals surface area contributed by atoms with E-state index in [1.165, 1.54) is 0 Å². The number of amides is 2. The molecule has 0 spiro atoms. The van der Waals surface area contributed by atoms with E-state index in [0.717, 1.165) is 0 Å². The second kappa shape index (κ2) is 6.33. The summed E-state index contributed by atoms with van der Waals surface area (Å²) in [7, 11) is 0. The Morgan fingerprint density at radius 3 is 2.32 bits per heavy atom. The van der Waals surface area contributed by atoms with Crippen LogP contribution in [0.5, 0.6) is 0 Å². The van der Waals surface area contributed by atoms with E-state index in [2.05, 4.69) is 10.6 Å². The van der Waals surface area contributed by atoms with Crippen LogP contribution in [0.1, 0.15) is 32.4 Å². The Balaban J connectivity index is 2.46. The van der Waals surface area contributed by atoms with Crippen molar-refractivity contribution >= 4 is 11.8 Å². The van der Waals surface area contributed by atoms with Gasteiger partial charge in [0, 0.05) is 5.54 Å². The molecule has 0 bridgehead atoms. The van der Waals surface area contributed by atoms with E-state index in [4.69, 9.17) is 0 Å². The van der Waals surface area contributed by atoms with Crippen LogP contribution in [-0.2, 0) is 9.59 Å². The fourth-order valence-corrected chi connectivity index (χ4v) is 1.51. The number of aliphatic hydroxyl groups excluding tert-OH is 1. The number of carbonyl (C=O) groups excluding carboxylic acids is 2. The SMILES string of the molecule is CC(C)(C)NC(=O)CNC(=O)C(O)c1ccccc1. The maximum absolute atomic E-state index is 11.7. The Hall–Kier alpha value is -1.88. The summed E-state index contributed by atoms with van der Waals surface area (Å²) in [5.74, 6) is -0.878. The molecule has 3 N–H and O–H groups in total. The molecular weight excluding hydrogens is 244 g/mol. The largest absolute Gasteiger partial charge is 0.378 e. The minimum Gasteiger partial charge on any atom is -0.378 e. The first kappa shape index (κ1) is 15.2. The number of hydrogen-bond donors (Lipinski definition) is 3. The van der Waals surface area contributed by atoms with Gasteiger partial charge in [-0.25, -0.2) is 0 Å². The summed E-state index contributed by atoms with van der Waals surface area (Å²) in [6.45, 7) is 5.41. The molecule has 0 saturated carbocycles. The Bertz CT molecular complexity index is 438. The van der Waals surface area contributed by atoms with Gasteiger partial charge in [0.25, 0.3) is 5.91 Å². The van der Waals surface area contributed by atoms with Crippen LogP contribution in [0.4, 0.5) is 0 Å². The van der Waals surface area contributed by atoms with Gasteiger partial charge in [-0.3, -0.25) is 9.59 Å². The van der Waals surface area contributed by atoms with Crippen LogP contribution < -0.4 is 10.6 Å². The van der Waals surface area contributed by atoms with E-state index in [0.29, 0.717) is 5.56 Å². The number of benzene rings is 1.